The lowest BCUT2D eigenvalue weighted by atomic mass is 10.2. The molecule has 0 aliphatic carbocycles. The van der Waals surface area contributed by atoms with Crippen LogP contribution >= 0.6 is 0 Å². The molecule has 0 saturated carbocycles. The van der Waals surface area contributed by atoms with Crippen LogP contribution in [0.2, 0.25) is 0 Å². The number of rotatable bonds is 2. The van der Waals surface area contributed by atoms with Crippen LogP contribution in [0, 0.1) is 0 Å². The van der Waals surface area contributed by atoms with Gasteiger partial charge in [-0.25, -0.2) is 0 Å². The van der Waals surface area contributed by atoms with Crippen LogP contribution in [0.1, 0.15) is 13.8 Å². The maximum Gasteiger partial charge on any atom is 0.252 e. The molecule has 0 bridgehead atoms. The molecule has 3 nitrogen and oxygen atoms in total. The highest BCUT2D eigenvalue weighted by molar-refractivity contribution is 5.96. The summed E-state index contributed by atoms with van der Waals surface area (Å²) in [7, 11) is 0. The summed E-state index contributed by atoms with van der Waals surface area (Å²) in [5.74, 6) is -0.0533. The van der Waals surface area contributed by atoms with Crippen LogP contribution in [0.5, 0.6) is 0 Å². The third-order valence-corrected chi connectivity index (χ3v) is 1.50. The molecular formula is C10H14N2O. The minimum absolute atomic E-state index is 0.0533. The molecule has 0 fully saturated rings. The van der Waals surface area contributed by atoms with Crippen molar-refractivity contribution in [3.8, 4) is 0 Å². The lowest BCUT2D eigenvalue weighted by Crippen LogP contribution is -2.31. The van der Waals surface area contributed by atoms with Gasteiger partial charge in [-0.3, -0.25) is 4.79 Å². The third kappa shape index (κ3) is 3.15. The molecule has 1 heterocycles. The summed E-state index contributed by atoms with van der Waals surface area (Å²) in [5, 5.41) is 5.70. The SMILES string of the molecule is CC(C)NC(=O)C1=CNC=CC=C1. The zero-order valence-corrected chi connectivity index (χ0v) is 7.87. The van der Waals surface area contributed by atoms with Crippen LogP contribution in [-0.4, -0.2) is 11.9 Å². The van der Waals surface area contributed by atoms with Gasteiger partial charge in [0.15, 0.2) is 0 Å². The summed E-state index contributed by atoms with van der Waals surface area (Å²) >= 11 is 0. The van der Waals surface area contributed by atoms with E-state index >= 15 is 0 Å². The molecule has 0 aromatic rings. The normalized spacial score (nSPS) is 14.8. The van der Waals surface area contributed by atoms with Gasteiger partial charge in [-0.1, -0.05) is 6.08 Å². The van der Waals surface area contributed by atoms with E-state index in [2.05, 4.69) is 10.6 Å². The Morgan fingerprint density at radius 1 is 1.46 bits per heavy atom. The van der Waals surface area contributed by atoms with E-state index in [1.165, 1.54) is 0 Å². The van der Waals surface area contributed by atoms with E-state index < -0.39 is 0 Å². The second-order valence-electron chi connectivity index (χ2n) is 3.11. The van der Waals surface area contributed by atoms with Gasteiger partial charge < -0.3 is 10.6 Å². The van der Waals surface area contributed by atoms with E-state index in [0.717, 1.165) is 0 Å². The van der Waals surface area contributed by atoms with Gasteiger partial charge in [-0.05, 0) is 26.0 Å². The van der Waals surface area contributed by atoms with Crippen LogP contribution in [0.3, 0.4) is 0 Å². The van der Waals surface area contributed by atoms with Crippen molar-refractivity contribution in [2.24, 2.45) is 0 Å². The first kappa shape index (κ1) is 9.58. The molecule has 0 unspecified atom stereocenters. The van der Waals surface area contributed by atoms with E-state index in [0.29, 0.717) is 5.57 Å². The molecule has 1 amide bonds. The number of nitrogens with one attached hydrogen (secondary N) is 2. The van der Waals surface area contributed by atoms with Gasteiger partial charge in [0.25, 0.3) is 5.91 Å². The Labute approximate surface area is 78.2 Å². The van der Waals surface area contributed by atoms with E-state index in [-0.39, 0.29) is 11.9 Å². The van der Waals surface area contributed by atoms with Crippen molar-refractivity contribution < 1.29 is 4.79 Å². The van der Waals surface area contributed by atoms with E-state index in [1.807, 2.05) is 26.0 Å². The summed E-state index contributed by atoms with van der Waals surface area (Å²) in [6.45, 7) is 3.87. The van der Waals surface area contributed by atoms with Gasteiger partial charge in [-0.2, -0.15) is 0 Å². The van der Waals surface area contributed by atoms with Crippen molar-refractivity contribution in [3.05, 3.63) is 36.2 Å². The van der Waals surface area contributed by atoms with Crippen molar-refractivity contribution in [3.63, 3.8) is 0 Å². The summed E-state index contributed by atoms with van der Waals surface area (Å²) in [6.07, 6.45) is 8.88. The predicted molar refractivity (Wildman–Crippen MR) is 52.8 cm³/mol. The first-order chi connectivity index (χ1) is 6.20. The van der Waals surface area contributed by atoms with Crippen LogP contribution in [0.4, 0.5) is 0 Å². The molecule has 0 aromatic heterocycles. The van der Waals surface area contributed by atoms with Crippen molar-refractivity contribution >= 4 is 5.91 Å². The fraction of sp³-hybridized carbons (Fsp3) is 0.300. The zero-order chi connectivity index (χ0) is 9.68. The average molecular weight is 178 g/mol. The Morgan fingerprint density at radius 3 is 2.92 bits per heavy atom. The molecule has 0 atom stereocenters. The van der Waals surface area contributed by atoms with E-state index in [1.54, 1.807) is 18.5 Å². The minimum atomic E-state index is -0.0533. The number of amides is 1. The molecule has 1 aliphatic heterocycles. The molecule has 1 aliphatic rings. The summed E-state index contributed by atoms with van der Waals surface area (Å²) in [4.78, 5) is 11.5. The Bertz CT molecular complexity index is 275. The standard InChI is InChI=1S/C10H14N2O/c1-8(2)12-10(13)9-5-3-4-6-11-7-9/h3-8,11H,1-2H3,(H,12,13). The van der Waals surface area contributed by atoms with Gasteiger partial charge in [0, 0.05) is 18.4 Å². The molecule has 1 rings (SSSR count). The number of allylic oxidation sites excluding steroid dienone is 2. The van der Waals surface area contributed by atoms with Crippen molar-refractivity contribution in [2.45, 2.75) is 19.9 Å². The van der Waals surface area contributed by atoms with Crippen LogP contribution in [-0.2, 0) is 4.79 Å². The fourth-order valence-electron chi connectivity index (χ4n) is 0.943. The van der Waals surface area contributed by atoms with Gasteiger partial charge in [-0.15, -0.1) is 0 Å². The highest BCUT2D eigenvalue weighted by Gasteiger charge is 2.07. The second-order valence-corrected chi connectivity index (χ2v) is 3.11. The summed E-state index contributed by atoms with van der Waals surface area (Å²) in [5.41, 5.74) is 0.638. The molecule has 3 heteroatoms. The minimum Gasteiger partial charge on any atom is -0.367 e. The van der Waals surface area contributed by atoms with Gasteiger partial charge in [0.05, 0.1) is 5.57 Å². The van der Waals surface area contributed by atoms with Crippen molar-refractivity contribution in [2.75, 3.05) is 0 Å². The molecule has 70 valence electrons. The quantitative estimate of drug-likeness (QED) is 0.664. The largest absolute Gasteiger partial charge is 0.367 e. The highest BCUT2D eigenvalue weighted by atomic mass is 16.1. The molecule has 13 heavy (non-hydrogen) atoms. The third-order valence-electron chi connectivity index (χ3n) is 1.50. The maximum atomic E-state index is 11.5. The first-order valence-corrected chi connectivity index (χ1v) is 4.30. The smallest absolute Gasteiger partial charge is 0.252 e. The number of hydrogen-bond acceptors (Lipinski definition) is 2. The Balaban J connectivity index is 2.61. The molecule has 0 spiro atoms. The fourth-order valence-corrected chi connectivity index (χ4v) is 0.943. The van der Waals surface area contributed by atoms with Gasteiger partial charge >= 0.3 is 0 Å². The summed E-state index contributed by atoms with van der Waals surface area (Å²) < 4.78 is 0. The first-order valence-electron chi connectivity index (χ1n) is 4.30. The Hall–Kier alpha value is -1.51. The number of hydrogen-bond donors (Lipinski definition) is 2. The molecule has 0 saturated heterocycles. The molecular weight excluding hydrogens is 164 g/mol. The van der Waals surface area contributed by atoms with Crippen molar-refractivity contribution in [1.29, 1.82) is 0 Å². The molecule has 0 aromatic carbocycles. The van der Waals surface area contributed by atoms with Gasteiger partial charge in [0.1, 0.15) is 0 Å². The summed E-state index contributed by atoms with van der Waals surface area (Å²) in [6, 6.07) is 0.165. The molecule has 0 radical (unpaired) electrons. The topological polar surface area (TPSA) is 41.1 Å². The average Bonchev–Trinajstić information content (AvgIpc) is 2.29. The number of carbonyl (C=O) groups excluding carboxylic acids is 1. The Kier molecular flexibility index (Phi) is 3.31. The lowest BCUT2D eigenvalue weighted by Gasteiger charge is -2.08. The predicted octanol–water partition coefficient (Wildman–Crippen LogP) is 1.07. The van der Waals surface area contributed by atoms with Crippen LogP contribution in [0.15, 0.2) is 36.2 Å². The highest BCUT2D eigenvalue weighted by Crippen LogP contribution is 1.99. The van der Waals surface area contributed by atoms with Crippen molar-refractivity contribution in [1.82, 2.24) is 10.6 Å². The second kappa shape index (κ2) is 4.50. The zero-order valence-electron chi connectivity index (χ0n) is 7.87. The van der Waals surface area contributed by atoms with E-state index in [9.17, 15) is 4.79 Å². The maximum absolute atomic E-state index is 11.5. The lowest BCUT2D eigenvalue weighted by molar-refractivity contribution is -0.117. The monoisotopic (exact) mass is 178 g/mol. The van der Waals surface area contributed by atoms with Crippen LogP contribution in [0.25, 0.3) is 0 Å². The van der Waals surface area contributed by atoms with Gasteiger partial charge in [0.2, 0.25) is 0 Å². The number of carbonyl (C=O) groups is 1. The Morgan fingerprint density at radius 2 is 2.23 bits per heavy atom. The molecule has 2 N–H and O–H groups in total. The van der Waals surface area contributed by atoms with Crippen LogP contribution < -0.4 is 10.6 Å². The van der Waals surface area contributed by atoms with E-state index in [4.69, 9.17) is 0 Å².